The Bertz CT molecular complexity index is 390. The molecule has 0 radical (unpaired) electrons. The molecule has 4 heteroatoms. The number of aromatic nitrogens is 3. The Morgan fingerprint density at radius 1 is 1.36 bits per heavy atom. The van der Waals surface area contributed by atoms with E-state index in [1.54, 1.807) is 4.40 Å². The first-order valence-electron chi connectivity index (χ1n) is 3.35. The molecule has 56 valence electrons. The summed E-state index contributed by atoms with van der Waals surface area (Å²) in [5.74, 6) is 1.49. The van der Waals surface area contributed by atoms with E-state index in [0.29, 0.717) is 5.82 Å². The molecule has 0 atom stereocenters. The van der Waals surface area contributed by atoms with Gasteiger partial charge < -0.3 is 5.73 Å². The molecule has 0 amide bonds. The van der Waals surface area contributed by atoms with Gasteiger partial charge in [0.15, 0.2) is 5.65 Å². The summed E-state index contributed by atoms with van der Waals surface area (Å²) in [7, 11) is 0. The van der Waals surface area contributed by atoms with Crippen LogP contribution in [-0.2, 0) is 0 Å². The Kier molecular flexibility index (Phi) is 1.09. The Morgan fingerprint density at radius 3 is 2.91 bits per heavy atom. The van der Waals surface area contributed by atoms with Gasteiger partial charge in [-0.25, -0.2) is 0 Å². The Morgan fingerprint density at radius 2 is 2.18 bits per heavy atom. The number of hydrogen-bond acceptors (Lipinski definition) is 3. The average molecular weight is 148 g/mol. The molecule has 0 fully saturated rings. The van der Waals surface area contributed by atoms with Crippen LogP contribution in [0.25, 0.3) is 5.65 Å². The van der Waals surface area contributed by atoms with Gasteiger partial charge in [-0.15, -0.1) is 10.2 Å². The number of rotatable bonds is 0. The van der Waals surface area contributed by atoms with Crippen LogP contribution < -0.4 is 5.73 Å². The molecule has 0 spiro atoms. The highest BCUT2D eigenvalue weighted by Crippen LogP contribution is 2.08. The highest BCUT2D eigenvalue weighted by atomic mass is 15.3. The van der Waals surface area contributed by atoms with Gasteiger partial charge in [0.2, 0.25) is 0 Å². The van der Waals surface area contributed by atoms with Crippen LogP contribution in [0.5, 0.6) is 0 Å². The van der Waals surface area contributed by atoms with Crippen molar-refractivity contribution in [2.45, 2.75) is 6.92 Å². The Labute approximate surface area is 63.7 Å². The first kappa shape index (κ1) is 6.15. The molecular weight excluding hydrogens is 140 g/mol. The number of nitrogens with zero attached hydrogens (tertiary/aromatic N) is 3. The summed E-state index contributed by atoms with van der Waals surface area (Å²) in [5.41, 5.74) is 6.48. The maximum atomic E-state index is 5.68. The second-order valence-corrected chi connectivity index (χ2v) is 2.39. The van der Waals surface area contributed by atoms with E-state index in [-0.39, 0.29) is 0 Å². The van der Waals surface area contributed by atoms with Crippen molar-refractivity contribution in [3.63, 3.8) is 0 Å². The topological polar surface area (TPSA) is 56.2 Å². The molecule has 0 bridgehead atoms. The molecule has 0 aromatic carbocycles. The van der Waals surface area contributed by atoms with Crippen molar-refractivity contribution in [3.8, 4) is 0 Å². The first-order chi connectivity index (χ1) is 5.29. The standard InChI is InChI=1S/C7H8N4/c1-5-9-10-7-4-2-3-6(8)11(5)7/h2-4H,8H2,1H3. The predicted octanol–water partition coefficient (Wildman–Crippen LogP) is 0.620. The molecule has 2 aromatic heterocycles. The fraction of sp³-hybridized carbons (Fsp3) is 0.143. The van der Waals surface area contributed by atoms with Crippen LogP contribution in [0.4, 0.5) is 5.82 Å². The van der Waals surface area contributed by atoms with Crippen molar-refractivity contribution < 1.29 is 0 Å². The summed E-state index contributed by atoms with van der Waals surface area (Å²) >= 11 is 0. The largest absolute Gasteiger partial charge is 0.385 e. The number of fused-ring (bicyclic) bond motifs is 1. The molecule has 0 saturated carbocycles. The third-order valence-electron chi connectivity index (χ3n) is 1.62. The van der Waals surface area contributed by atoms with Crippen LogP contribution in [0, 0.1) is 6.92 Å². The second-order valence-electron chi connectivity index (χ2n) is 2.39. The first-order valence-corrected chi connectivity index (χ1v) is 3.35. The second kappa shape index (κ2) is 1.95. The van der Waals surface area contributed by atoms with E-state index >= 15 is 0 Å². The predicted molar refractivity (Wildman–Crippen MR) is 42.1 cm³/mol. The van der Waals surface area contributed by atoms with Crippen molar-refractivity contribution in [1.82, 2.24) is 14.6 Å². The lowest BCUT2D eigenvalue weighted by molar-refractivity contribution is 1.01. The SMILES string of the molecule is Cc1nnc2cccc(N)n12. The van der Waals surface area contributed by atoms with E-state index < -0.39 is 0 Å². The third kappa shape index (κ3) is 0.756. The average Bonchev–Trinajstić information content (AvgIpc) is 2.34. The van der Waals surface area contributed by atoms with Crippen LogP contribution >= 0.6 is 0 Å². The Balaban J connectivity index is 2.96. The maximum absolute atomic E-state index is 5.68. The van der Waals surface area contributed by atoms with E-state index in [9.17, 15) is 0 Å². The minimum Gasteiger partial charge on any atom is -0.385 e. The quantitative estimate of drug-likeness (QED) is 0.595. The van der Waals surface area contributed by atoms with Crippen LogP contribution in [0.3, 0.4) is 0 Å². The molecule has 2 N–H and O–H groups in total. The van der Waals surface area contributed by atoms with Crippen LogP contribution in [0.1, 0.15) is 5.82 Å². The summed E-state index contributed by atoms with van der Waals surface area (Å²) < 4.78 is 1.81. The molecular formula is C7H8N4. The zero-order valence-electron chi connectivity index (χ0n) is 6.15. The van der Waals surface area contributed by atoms with E-state index in [2.05, 4.69) is 10.2 Å². The third-order valence-corrected chi connectivity index (χ3v) is 1.62. The van der Waals surface area contributed by atoms with Crippen LogP contribution in [-0.4, -0.2) is 14.6 Å². The lowest BCUT2D eigenvalue weighted by Crippen LogP contribution is -1.97. The summed E-state index contributed by atoms with van der Waals surface area (Å²) in [5, 5.41) is 7.80. The molecule has 0 saturated heterocycles. The minimum atomic E-state index is 0.671. The summed E-state index contributed by atoms with van der Waals surface area (Å²) in [6.07, 6.45) is 0. The maximum Gasteiger partial charge on any atom is 0.162 e. The van der Waals surface area contributed by atoms with Gasteiger partial charge in [0.25, 0.3) is 0 Å². The lowest BCUT2D eigenvalue weighted by atomic mass is 10.4. The number of aryl methyl sites for hydroxylation is 1. The van der Waals surface area contributed by atoms with Crippen molar-refractivity contribution in [2.24, 2.45) is 0 Å². The normalized spacial score (nSPS) is 10.6. The molecule has 11 heavy (non-hydrogen) atoms. The molecule has 2 rings (SSSR count). The summed E-state index contributed by atoms with van der Waals surface area (Å²) in [4.78, 5) is 0. The van der Waals surface area contributed by atoms with Crippen LogP contribution in [0.2, 0.25) is 0 Å². The summed E-state index contributed by atoms with van der Waals surface area (Å²) in [6, 6.07) is 5.55. The smallest absolute Gasteiger partial charge is 0.162 e. The molecule has 2 heterocycles. The zero-order chi connectivity index (χ0) is 7.84. The fourth-order valence-electron chi connectivity index (χ4n) is 1.11. The minimum absolute atomic E-state index is 0.671. The molecule has 0 aliphatic heterocycles. The molecule has 0 unspecified atom stereocenters. The lowest BCUT2D eigenvalue weighted by Gasteiger charge is -1.97. The summed E-state index contributed by atoms with van der Waals surface area (Å²) in [6.45, 7) is 1.87. The zero-order valence-corrected chi connectivity index (χ0v) is 6.15. The van der Waals surface area contributed by atoms with Gasteiger partial charge in [-0.05, 0) is 19.1 Å². The highest BCUT2D eigenvalue weighted by Gasteiger charge is 2.00. The van der Waals surface area contributed by atoms with E-state index in [0.717, 1.165) is 11.5 Å². The van der Waals surface area contributed by atoms with Gasteiger partial charge in [-0.1, -0.05) is 6.07 Å². The van der Waals surface area contributed by atoms with Gasteiger partial charge in [0.05, 0.1) is 0 Å². The van der Waals surface area contributed by atoms with Crippen molar-refractivity contribution in [1.29, 1.82) is 0 Å². The van der Waals surface area contributed by atoms with E-state index in [1.807, 2.05) is 25.1 Å². The number of nitrogens with two attached hydrogens (primary N) is 1. The van der Waals surface area contributed by atoms with Gasteiger partial charge in [-0.3, -0.25) is 4.40 Å². The molecule has 0 aliphatic carbocycles. The van der Waals surface area contributed by atoms with Crippen LogP contribution in [0.15, 0.2) is 18.2 Å². The molecule has 2 aromatic rings. The van der Waals surface area contributed by atoms with Crippen molar-refractivity contribution >= 4 is 11.5 Å². The molecule has 4 nitrogen and oxygen atoms in total. The fourth-order valence-corrected chi connectivity index (χ4v) is 1.11. The van der Waals surface area contributed by atoms with Gasteiger partial charge >= 0.3 is 0 Å². The number of anilines is 1. The van der Waals surface area contributed by atoms with Gasteiger partial charge in [0.1, 0.15) is 11.6 Å². The number of nitrogen functional groups attached to an aromatic ring is 1. The number of pyridine rings is 1. The van der Waals surface area contributed by atoms with Crippen molar-refractivity contribution in [3.05, 3.63) is 24.0 Å². The van der Waals surface area contributed by atoms with Gasteiger partial charge in [0, 0.05) is 0 Å². The van der Waals surface area contributed by atoms with E-state index in [4.69, 9.17) is 5.73 Å². The monoisotopic (exact) mass is 148 g/mol. The molecule has 0 aliphatic rings. The van der Waals surface area contributed by atoms with Gasteiger partial charge in [-0.2, -0.15) is 0 Å². The van der Waals surface area contributed by atoms with E-state index in [1.165, 1.54) is 0 Å². The van der Waals surface area contributed by atoms with Crippen molar-refractivity contribution in [2.75, 3.05) is 5.73 Å². The highest BCUT2D eigenvalue weighted by molar-refractivity contribution is 5.47. The number of hydrogen-bond donors (Lipinski definition) is 1. The Hall–Kier alpha value is -1.58.